The number of hydrogen-bond acceptors (Lipinski definition) is 2. The highest BCUT2D eigenvalue weighted by Crippen LogP contribution is 2.34. The molecule has 0 spiro atoms. The Balaban J connectivity index is 1.98. The normalized spacial score (nSPS) is 13.0. The first kappa shape index (κ1) is 13.8. The summed E-state index contributed by atoms with van der Waals surface area (Å²) in [5, 5.41) is 1.18. The van der Waals surface area contributed by atoms with E-state index in [4.69, 9.17) is 4.74 Å². The quantitative estimate of drug-likeness (QED) is 0.662. The van der Waals surface area contributed by atoms with E-state index < -0.39 is 0 Å². The third-order valence-corrected chi connectivity index (χ3v) is 4.24. The van der Waals surface area contributed by atoms with Crippen molar-refractivity contribution in [2.45, 2.75) is 13.5 Å². The molecule has 0 atom stereocenters. The van der Waals surface area contributed by atoms with Crippen molar-refractivity contribution in [1.82, 2.24) is 4.57 Å². The molecular weight excluding hydrogens is 286 g/mol. The van der Waals surface area contributed by atoms with Crippen molar-refractivity contribution in [3.05, 3.63) is 65.7 Å². The van der Waals surface area contributed by atoms with E-state index in [9.17, 15) is 4.79 Å². The molecule has 0 radical (unpaired) electrons. The second-order valence-electron chi connectivity index (χ2n) is 5.65. The van der Waals surface area contributed by atoms with Crippen molar-refractivity contribution < 1.29 is 9.53 Å². The summed E-state index contributed by atoms with van der Waals surface area (Å²) in [4.78, 5) is 12.3. The van der Waals surface area contributed by atoms with Crippen LogP contribution in [0.25, 0.3) is 28.2 Å². The molecule has 0 N–H and O–H groups in total. The van der Waals surface area contributed by atoms with Crippen molar-refractivity contribution in [2.75, 3.05) is 6.61 Å². The number of esters is 1. The van der Waals surface area contributed by atoms with Crippen LogP contribution in [0.15, 0.2) is 60.2 Å². The van der Waals surface area contributed by atoms with Gasteiger partial charge in [0, 0.05) is 16.5 Å². The minimum Gasteiger partial charge on any atom is -0.463 e. The standard InChI is InChI=1S/C20H17NO2/c1-2-23-20(22)16-11-14-7-3-5-9-17(14)19-12-15-8-4-6-10-18(15)21(19)13-16/h3-12H,2,13H2,1H3. The first-order valence-corrected chi connectivity index (χ1v) is 7.83. The van der Waals surface area contributed by atoms with Gasteiger partial charge in [-0.3, -0.25) is 0 Å². The topological polar surface area (TPSA) is 31.2 Å². The zero-order valence-electron chi connectivity index (χ0n) is 13.0. The number of aromatic nitrogens is 1. The molecule has 3 nitrogen and oxygen atoms in total. The van der Waals surface area contributed by atoms with Crippen LogP contribution in [0.3, 0.4) is 0 Å². The van der Waals surface area contributed by atoms with E-state index >= 15 is 0 Å². The summed E-state index contributed by atoms with van der Waals surface area (Å²) in [6, 6.07) is 18.6. The maximum absolute atomic E-state index is 12.3. The van der Waals surface area contributed by atoms with Crippen molar-refractivity contribution in [1.29, 1.82) is 0 Å². The van der Waals surface area contributed by atoms with Gasteiger partial charge < -0.3 is 9.30 Å². The molecule has 0 fully saturated rings. The number of rotatable bonds is 2. The molecule has 0 saturated heterocycles. The predicted octanol–water partition coefficient (Wildman–Crippen LogP) is 4.27. The number of para-hydroxylation sites is 1. The molecule has 0 aliphatic carbocycles. The molecule has 3 aromatic rings. The fraction of sp³-hybridized carbons (Fsp3) is 0.150. The second-order valence-corrected chi connectivity index (χ2v) is 5.65. The molecule has 114 valence electrons. The highest BCUT2D eigenvalue weighted by atomic mass is 16.5. The lowest BCUT2D eigenvalue weighted by molar-refractivity contribution is -0.138. The summed E-state index contributed by atoms with van der Waals surface area (Å²) in [5.41, 5.74) is 5.14. The van der Waals surface area contributed by atoms with Crippen LogP contribution < -0.4 is 0 Å². The number of carbonyl (C=O) groups excluding carboxylic acids is 1. The van der Waals surface area contributed by atoms with E-state index in [-0.39, 0.29) is 5.97 Å². The van der Waals surface area contributed by atoms with Crippen LogP contribution in [0, 0.1) is 0 Å². The van der Waals surface area contributed by atoms with E-state index in [1.807, 2.05) is 43.3 Å². The lowest BCUT2D eigenvalue weighted by Gasteiger charge is -2.10. The van der Waals surface area contributed by atoms with Crippen LogP contribution in [0.5, 0.6) is 0 Å². The molecular formula is C20H17NO2. The Hall–Kier alpha value is -2.81. The molecule has 0 bridgehead atoms. The van der Waals surface area contributed by atoms with Gasteiger partial charge in [-0.1, -0.05) is 42.5 Å². The summed E-state index contributed by atoms with van der Waals surface area (Å²) in [7, 11) is 0. The van der Waals surface area contributed by atoms with E-state index in [0.717, 1.165) is 22.3 Å². The summed E-state index contributed by atoms with van der Waals surface area (Å²) in [6.45, 7) is 2.74. The molecule has 1 aromatic heterocycles. The molecule has 23 heavy (non-hydrogen) atoms. The number of carbonyl (C=O) groups is 1. The van der Waals surface area contributed by atoms with Crippen LogP contribution in [0.4, 0.5) is 0 Å². The average Bonchev–Trinajstić information content (AvgIpc) is 2.85. The Labute approximate surface area is 134 Å². The first-order chi connectivity index (χ1) is 11.3. The predicted molar refractivity (Wildman–Crippen MR) is 92.0 cm³/mol. The summed E-state index contributed by atoms with van der Waals surface area (Å²) in [6.07, 6.45) is 1.95. The third-order valence-electron chi connectivity index (χ3n) is 4.24. The highest BCUT2D eigenvalue weighted by Gasteiger charge is 2.21. The van der Waals surface area contributed by atoms with Gasteiger partial charge in [0.05, 0.1) is 24.4 Å². The molecule has 2 aromatic carbocycles. The lowest BCUT2D eigenvalue weighted by Crippen LogP contribution is -2.12. The molecule has 3 heteroatoms. The minimum atomic E-state index is -0.243. The summed E-state index contributed by atoms with van der Waals surface area (Å²) >= 11 is 0. The molecule has 2 heterocycles. The Morgan fingerprint density at radius 2 is 1.91 bits per heavy atom. The number of nitrogens with zero attached hydrogens (tertiary/aromatic N) is 1. The van der Waals surface area contributed by atoms with Gasteiger partial charge in [-0.15, -0.1) is 0 Å². The van der Waals surface area contributed by atoms with E-state index in [1.165, 1.54) is 5.39 Å². The number of ether oxygens (including phenoxy) is 1. The summed E-state index contributed by atoms with van der Waals surface area (Å²) < 4.78 is 7.43. The van der Waals surface area contributed by atoms with Gasteiger partial charge >= 0.3 is 5.97 Å². The monoisotopic (exact) mass is 303 g/mol. The second kappa shape index (κ2) is 5.43. The van der Waals surface area contributed by atoms with Crippen molar-refractivity contribution in [3.8, 4) is 11.3 Å². The first-order valence-electron chi connectivity index (χ1n) is 7.83. The number of fused-ring (bicyclic) bond motifs is 5. The maximum Gasteiger partial charge on any atom is 0.335 e. The molecule has 1 aliphatic rings. The van der Waals surface area contributed by atoms with Crippen molar-refractivity contribution in [2.24, 2.45) is 0 Å². The fourth-order valence-electron chi connectivity index (χ4n) is 3.21. The van der Waals surface area contributed by atoms with Crippen LogP contribution in [0.2, 0.25) is 0 Å². The van der Waals surface area contributed by atoms with E-state index in [0.29, 0.717) is 18.7 Å². The van der Waals surface area contributed by atoms with Crippen molar-refractivity contribution >= 4 is 22.9 Å². The van der Waals surface area contributed by atoms with Gasteiger partial charge in [-0.25, -0.2) is 4.79 Å². The van der Waals surface area contributed by atoms with Gasteiger partial charge in [0.2, 0.25) is 0 Å². The Kier molecular flexibility index (Phi) is 3.27. The third kappa shape index (κ3) is 2.25. The van der Waals surface area contributed by atoms with Gasteiger partial charge in [0.15, 0.2) is 0 Å². The Morgan fingerprint density at radius 1 is 1.13 bits per heavy atom. The molecule has 4 rings (SSSR count). The van der Waals surface area contributed by atoms with E-state index in [1.54, 1.807) is 0 Å². The zero-order chi connectivity index (χ0) is 15.8. The summed E-state index contributed by atoms with van der Waals surface area (Å²) in [5.74, 6) is -0.243. The molecule has 0 saturated carbocycles. The Morgan fingerprint density at radius 3 is 2.78 bits per heavy atom. The zero-order valence-corrected chi connectivity index (χ0v) is 13.0. The van der Waals surface area contributed by atoms with Crippen molar-refractivity contribution in [3.63, 3.8) is 0 Å². The Bertz CT molecular complexity index is 934. The van der Waals surface area contributed by atoms with Gasteiger partial charge in [0.25, 0.3) is 0 Å². The SMILES string of the molecule is CCOC(=O)C1=Cc2ccccc2-c2cc3ccccc3n2C1. The van der Waals surface area contributed by atoms with Gasteiger partial charge in [0.1, 0.15) is 0 Å². The smallest absolute Gasteiger partial charge is 0.335 e. The van der Waals surface area contributed by atoms with Gasteiger partial charge in [-0.2, -0.15) is 0 Å². The highest BCUT2D eigenvalue weighted by molar-refractivity contribution is 5.98. The van der Waals surface area contributed by atoms with Crippen LogP contribution in [-0.4, -0.2) is 17.1 Å². The number of benzene rings is 2. The van der Waals surface area contributed by atoms with Gasteiger partial charge in [-0.05, 0) is 30.7 Å². The number of hydrogen-bond donors (Lipinski definition) is 0. The average molecular weight is 303 g/mol. The van der Waals surface area contributed by atoms with Crippen LogP contribution >= 0.6 is 0 Å². The van der Waals surface area contributed by atoms with E-state index in [2.05, 4.69) is 28.8 Å². The molecule has 0 amide bonds. The molecule has 1 aliphatic heterocycles. The lowest BCUT2D eigenvalue weighted by atomic mass is 10.0. The fourth-order valence-corrected chi connectivity index (χ4v) is 3.21. The largest absolute Gasteiger partial charge is 0.463 e. The maximum atomic E-state index is 12.3. The van der Waals surface area contributed by atoms with Crippen LogP contribution in [0.1, 0.15) is 12.5 Å². The molecule has 0 unspecified atom stereocenters. The minimum absolute atomic E-state index is 0.243. The van der Waals surface area contributed by atoms with Crippen LogP contribution in [-0.2, 0) is 16.1 Å².